The maximum absolute atomic E-state index is 13.2. The largest absolute Gasteiger partial charge is 0.496 e. The van der Waals surface area contributed by atoms with Crippen LogP contribution in [-0.4, -0.2) is 56.5 Å². The zero-order valence-electron chi connectivity index (χ0n) is 22.0. The van der Waals surface area contributed by atoms with E-state index < -0.39 is 11.4 Å². The summed E-state index contributed by atoms with van der Waals surface area (Å²) in [4.78, 5) is 40.2. The first-order valence-electron chi connectivity index (χ1n) is 12.7. The third kappa shape index (κ3) is 5.77. The molecule has 0 spiro atoms. The number of nitrogens with one attached hydrogen (secondary N) is 1. The SMILES string of the molecule is COC(=O)c1cc(Cl)c(NC(=O)CCN2CCC(C(C(N)=O)(c3ccccc3)c3ccccc3)C2)cc1OC. The van der Waals surface area contributed by atoms with Crippen molar-refractivity contribution in [2.45, 2.75) is 18.3 Å². The number of ether oxygens (including phenoxy) is 2. The van der Waals surface area contributed by atoms with Gasteiger partial charge in [0, 0.05) is 25.6 Å². The summed E-state index contributed by atoms with van der Waals surface area (Å²) in [6, 6.07) is 22.3. The molecule has 1 saturated heterocycles. The Hall–Kier alpha value is -3.88. The monoisotopic (exact) mass is 549 g/mol. The van der Waals surface area contributed by atoms with Crippen molar-refractivity contribution in [1.29, 1.82) is 0 Å². The maximum atomic E-state index is 13.2. The average molecular weight is 550 g/mol. The van der Waals surface area contributed by atoms with E-state index in [1.54, 1.807) is 0 Å². The van der Waals surface area contributed by atoms with Gasteiger partial charge in [-0.2, -0.15) is 0 Å². The van der Waals surface area contributed by atoms with Gasteiger partial charge in [0.15, 0.2) is 0 Å². The highest BCUT2D eigenvalue weighted by molar-refractivity contribution is 6.34. The lowest BCUT2D eigenvalue weighted by Gasteiger charge is -2.37. The molecule has 3 N–H and O–H groups in total. The number of nitrogens with zero attached hydrogens (tertiary/aromatic N) is 1. The minimum Gasteiger partial charge on any atom is -0.496 e. The highest BCUT2D eigenvalue weighted by Crippen LogP contribution is 2.43. The number of hydrogen-bond acceptors (Lipinski definition) is 6. The number of rotatable bonds is 10. The normalized spacial score (nSPS) is 15.5. The van der Waals surface area contributed by atoms with Gasteiger partial charge in [0.05, 0.1) is 24.9 Å². The van der Waals surface area contributed by atoms with Crippen molar-refractivity contribution >= 4 is 35.1 Å². The maximum Gasteiger partial charge on any atom is 0.341 e. The van der Waals surface area contributed by atoms with E-state index in [-0.39, 0.29) is 40.5 Å². The summed E-state index contributed by atoms with van der Waals surface area (Å²) in [6.45, 7) is 1.84. The summed E-state index contributed by atoms with van der Waals surface area (Å²) in [5, 5.41) is 3.00. The van der Waals surface area contributed by atoms with Crippen molar-refractivity contribution in [3.05, 3.63) is 94.5 Å². The predicted octanol–water partition coefficient (Wildman–Crippen LogP) is 4.26. The molecule has 0 saturated carbocycles. The number of anilines is 1. The van der Waals surface area contributed by atoms with E-state index in [0.717, 1.165) is 24.1 Å². The fraction of sp³-hybridized carbons (Fsp3) is 0.300. The molecule has 4 rings (SSSR count). The molecular formula is C30H32ClN3O5. The zero-order valence-corrected chi connectivity index (χ0v) is 22.7. The van der Waals surface area contributed by atoms with Crippen molar-refractivity contribution in [1.82, 2.24) is 4.90 Å². The third-order valence-electron chi connectivity index (χ3n) is 7.36. The molecule has 1 unspecified atom stereocenters. The Bertz CT molecular complexity index is 1290. The highest BCUT2D eigenvalue weighted by Gasteiger charge is 2.49. The number of methoxy groups -OCH3 is 2. The first-order valence-corrected chi connectivity index (χ1v) is 13.1. The van der Waals surface area contributed by atoms with Crippen LogP contribution in [0, 0.1) is 5.92 Å². The van der Waals surface area contributed by atoms with E-state index in [1.807, 2.05) is 60.7 Å². The Labute approximate surface area is 233 Å². The number of amides is 2. The van der Waals surface area contributed by atoms with Crippen molar-refractivity contribution in [2.75, 3.05) is 39.2 Å². The Kier molecular flexibility index (Phi) is 8.89. The molecule has 1 aliphatic heterocycles. The number of carbonyl (C=O) groups excluding carboxylic acids is 3. The molecule has 3 aromatic rings. The molecule has 8 nitrogen and oxygen atoms in total. The number of halogens is 1. The predicted molar refractivity (Wildman–Crippen MR) is 150 cm³/mol. The summed E-state index contributed by atoms with van der Waals surface area (Å²) in [5.74, 6) is -1.03. The van der Waals surface area contributed by atoms with Gasteiger partial charge in [0.25, 0.3) is 0 Å². The molecule has 1 aliphatic rings. The zero-order chi connectivity index (χ0) is 28.0. The molecular weight excluding hydrogens is 518 g/mol. The highest BCUT2D eigenvalue weighted by atomic mass is 35.5. The van der Waals surface area contributed by atoms with Crippen LogP contribution in [0.25, 0.3) is 0 Å². The Balaban J connectivity index is 1.47. The fourth-order valence-electron chi connectivity index (χ4n) is 5.47. The molecule has 9 heteroatoms. The van der Waals surface area contributed by atoms with Crippen LogP contribution >= 0.6 is 11.6 Å². The van der Waals surface area contributed by atoms with E-state index >= 15 is 0 Å². The second-order valence-electron chi connectivity index (χ2n) is 9.51. The van der Waals surface area contributed by atoms with E-state index in [9.17, 15) is 14.4 Å². The number of primary amides is 1. The van der Waals surface area contributed by atoms with Crippen LogP contribution in [0.1, 0.15) is 34.3 Å². The molecule has 39 heavy (non-hydrogen) atoms. The minimum atomic E-state index is -0.981. The molecule has 2 amide bonds. The van der Waals surface area contributed by atoms with E-state index in [2.05, 4.69) is 10.2 Å². The van der Waals surface area contributed by atoms with Gasteiger partial charge in [0.1, 0.15) is 16.7 Å². The second-order valence-corrected chi connectivity index (χ2v) is 9.92. The van der Waals surface area contributed by atoms with Crippen LogP contribution in [0.4, 0.5) is 5.69 Å². The summed E-state index contributed by atoms with van der Waals surface area (Å²) in [7, 11) is 2.68. The third-order valence-corrected chi connectivity index (χ3v) is 7.67. The second kappa shape index (κ2) is 12.3. The van der Waals surface area contributed by atoms with Crippen LogP contribution in [0.2, 0.25) is 5.02 Å². The fourth-order valence-corrected chi connectivity index (χ4v) is 5.69. The Morgan fingerprint density at radius 3 is 2.18 bits per heavy atom. The van der Waals surface area contributed by atoms with Gasteiger partial charge < -0.3 is 25.4 Å². The van der Waals surface area contributed by atoms with Gasteiger partial charge in [0.2, 0.25) is 11.8 Å². The van der Waals surface area contributed by atoms with Crippen LogP contribution in [-0.2, 0) is 19.7 Å². The van der Waals surface area contributed by atoms with Gasteiger partial charge in [-0.05, 0) is 36.1 Å². The summed E-state index contributed by atoms with van der Waals surface area (Å²) in [6.07, 6.45) is 0.969. The number of nitrogens with two attached hydrogens (primary N) is 1. The quantitative estimate of drug-likeness (QED) is 0.366. The number of benzene rings is 3. The molecule has 204 valence electrons. The molecule has 1 heterocycles. The van der Waals surface area contributed by atoms with Crippen LogP contribution < -0.4 is 15.8 Å². The first kappa shape index (κ1) is 28.1. The van der Waals surface area contributed by atoms with Gasteiger partial charge in [-0.1, -0.05) is 72.3 Å². The summed E-state index contributed by atoms with van der Waals surface area (Å²) in [5.41, 5.74) is 7.43. The summed E-state index contributed by atoms with van der Waals surface area (Å²) >= 11 is 6.31. The van der Waals surface area contributed by atoms with E-state index in [4.69, 9.17) is 26.8 Å². The first-order chi connectivity index (χ1) is 18.8. The smallest absolute Gasteiger partial charge is 0.341 e. The lowest BCUT2D eigenvalue weighted by atomic mass is 9.64. The molecule has 3 aromatic carbocycles. The Morgan fingerprint density at radius 1 is 1.03 bits per heavy atom. The number of carbonyl (C=O) groups is 3. The summed E-state index contributed by atoms with van der Waals surface area (Å²) < 4.78 is 10.0. The number of esters is 1. The van der Waals surface area contributed by atoms with E-state index in [0.29, 0.717) is 18.8 Å². The van der Waals surface area contributed by atoms with Crippen molar-refractivity contribution in [2.24, 2.45) is 11.7 Å². The molecule has 1 fully saturated rings. The average Bonchev–Trinajstić information content (AvgIpc) is 3.43. The number of likely N-dealkylation sites (tertiary alicyclic amines) is 1. The standard InChI is InChI=1S/C30H32ClN3O5/c1-38-26-18-25(24(31)17-23(26)28(36)39-2)33-27(35)14-16-34-15-13-22(19-34)30(29(32)37,20-9-5-3-6-10-20)21-11-7-4-8-12-21/h3-12,17-18,22H,13-16,19H2,1-2H3,(H2,32,37)(H,33,35). The Morgan fingerprint density at radius 2 is 1.64 bits per heavy atom. The van der Waals surface area contributed by atoms with Crippen molar-refractivity contribution in [3.63, 3.8) is 0 Å². The van der Waals surface area contributed by atoms with Crippen molar-refractivity contribution in [3.8, 4) is 5.75 Å². The van der Waals surface area contributed by atoms with Crippen LogP contribution in [0.15, 0.2) is 72.8 Å². The lowest BCUT2D eigenvalue weighted by molar-refractivity contribution is -0.124. The van der Waals surface area contributed by atoms with Crippen LogP contribution in [0.5, 0.6) is 5.75 Å². The van der Waals surface area contributed by atoms with Gasteiger partial charge in [-0.25, -0.2) is 4.79 Å². The minimum absolute atomic E-state index is 0.0626. The van der Waals surface area contributed by atoms with Crippen molar-refractivity contribution < 1.29 is 23.9 Å². The molecule has 0 bridgehead atoms. The lowest BCUT2D eigenvalue weighted by Crippen LogP contribution is -2.49. The number of hydrogen-bond donors (Lipinski definition) is 2. The van der Waals surface area contributed by atoms with Gasteiger partial charge >= 0.3 is 5.97 Å². The van der Waals surface area contributed by atoms with Gasteiger partial charge in [-0.3, -0.25) is 9.59 Å². The topological polar surface area (TPSA) is 111 Å². The van der Waals surface area contributed by atoms with E-state index in [1.165, 1.54) is 26.4 Å². The molecule has 0 aliphatic carbocycles. The molecule has 0 radical (unpaired) electrons. The van der Waals surface area contributed by atoms with Gasteiger partial charge in [-0.15, -0.1) is 0 Å². The molecule has 1 atom stereocenters. The van der Waals surface area contributed by atoms with Crippen LogP contribution in [0.3, 0.4) is 0 Å². The molecule has 0 aromatic heterocycles.